The van der Waals surface area contributed by atoms with Gasteiger partial charge in [0.15, 0.2) is 0 Å². The van der Waals surface area contributed by atoms with Crippen molar-refractivity contribution in [2.24, 2.45) is 0 Å². The van der Waals surface area contributed by atoms with E-state index in [-0.39, 0.29) is 0 Å². The maximum absolute atomic E-state index is 12.1. The van der Waals surface area contributed by atoms with Crippen molar-refractivity contribution in [1.82, 2.24) is 9.97 Å². The lowest BCUT2D eigenvalue weighted by atomic mass is 10.2. The van der Waals surface area contributed by atoms with E-state index in [0.717, 1.165) is 0 Å². The summed E-state index contributed by atoms with van der Waals surface area (Å²) < 4.78 is 41.0. The Kier molecular flexibility index (Phi) is 3.92. The van der Waals surface area contributed by atoms with E-state index in [1.807, 2.05) is 0 Å². The minimum atomic E-state index is -4.19. The Bertz CT molecular complexity index is 343. The second-order valence-electron chi connectivity index (χ2n) is 3.31. The molecule has 0 aliphatic heterocycles. The van der Waals surface area contributed by atoms with Crippen LogP contribution in [0.25, 0.3) is 0 Å². The van der Waals surface area contributed by atoms with Crippen LogP contribution in [0.2, 0.25) is 0 Å². The predicted octanol–water partition coefficient (Wildman–Crippen LogP) is 2.24. The first-order chi connectivity index (χ1) is 7.40. The molecule has 0 saturated heterocycles. The van der Waals surface area contributed by atoms with Gasteiger partial charge in [0, 0.05) is 12.1 Å². The molecule has 4 nitrogen and oxygen atoms in total. The zero-order valence-electron chi connectivity index (χ0n) is 8.88. The van der Waals surface area contributed by atoms with E-state index in [4.69, 9.17) is 4.74 Å². The van der Waals surface area contributed by atoms with Crippen LogP contribution in [0.4, 0.5) is 19.0 Å². The molecule has 1 rings (SSSR count). The smallest absolute Gasteiger partial charge is 0.391 e. The molecule has 0 aliphatic rings. The molecule has 1 aromatic heterocycles. The van der Waals surface area contributed by atoms with Crippen LogP contribution in [-0.4, -0.2) is 29.3 Å². The van der Waals surface area contributed by atoms with Gasteiger partial charge in [0.25, 0.3) is 0 Å². The summed E-state index contributed by atoms with van der Waals surface area (Å²) >= 11 is 0. The number of anilines is 1. The van der Waals surface area contributed by atoms with Gasteiger partial charge in [-0.3, -0.25) is 0 Å². The van der Waals surface area contributed by atoms with Crippen molar-refractivity contribution in [3.63, 3.8) is 0 Å². The van der Waals surface area contributed by atoms with E-state index in [1.54, 1.807) is 0 Å². The average Bonchev–Trinajstić information content (AvgIpc) is 2.15. The second kappa shape index (κ2) is 5.00. The standard InChI is InChI=1S/C9H12F3N3O/c1-6(4-9(10,11)12)15-7-3-8(16-2)14-5-13-7/h3,5-6H,4H2,1-2H3,(H,13,14,15). The van der Waals surface area contributed by atoms with Crippen LogP contribution in [0.5, 0.6) is 5.88 Å². The number of ether oxygens (including phenoxy) is 1. The highest BCUT2D eigenvalue weighted by Gasteiger charge is 2.30. The highest BCUT2D eigenvalue weighted by atomic mass is 19.4. The minimum Gasteiger partial charge on any atom is -0.481 e. The largest absolute Gasteiger partial charge is 0.481 e. The van der Waals surface area contributed by atoms with E-state index in [9.17, 15) is 13.2 Å². The summed E-state index contributed by atoms with van der Waals surface area (Å²) in [5.41, 5.74) is 0. The maximum Gasteiger partial charge on any atom is 0.391 e. The number of rotatable bonds is 4. The Labute approximate surface area is 90.9 Å². The average molecular weight is 235 g/mol. The Balaban J connectivity index is 2.59. The summed E-state index contributed by atoms with van der Waals surface area (Å²) in [4.78, 5) is 7.53. The molecule has 1 unspecified atom stereocenters. The zero-order chi connectivity index (χ0) is 12.2. The number of alkyl halides is 3. The topological polar surface area (TPSA) is 47.0 Å². The summed E-state index contributed by atoms with van der Waals surface area (Å²) in [6.07, 6.45) is -3.88. The molecule has 0 fully saturated rings. The summed E-state index contributed by atoms with van der Waals surface area (Å²) in [5, 5.41) is 2.62. The van der Waals surface area contributed by atoms with Crippen LogP contribution in [0.1, 0.15) is 13.3 Å². The maximum atomic E-state index is 12.1. The molecule has 16 heavy (non-hydrogen) atoms. The number of halogens is 3. The molecule has 1 N–H and O–H groups in total. The summed E-state index contributed by atoms with van der Waals surface area (Å²) in [7, 11) is 1.42. The number of hydrogen-bond donors (Lipinski definition) is 1. The first-order valence-corrected chi connectivity index (χ1v) is 4.60. The Morgan fingerprint density at radius 2 is 2.12 bits per heavy atom. The Hall–Kier alpha value is -1.53. The summed E-state index contributed by atoms with van der Waals surface area (Å²) in [6.45, 7) is 1.43. The molecule has 0 saturated carbocycles. The Morgan fingerprint density at radius 3 is 2.69 bits per heavy atom. The molecular formula is C9H12F3N3O. The van der Waals surface area contributed by atoms with Gasteiger partial charge in [-0.15, -0.1) is 0 Å². The van der Waals surface area contributed by atoms with Crippen molar-refractivity contribution in [3.05, 3.63) is 12.4 Å². The lowest BCUT2D eigenvalue weighted by Crippen LogP contribution is -2.24. The molecule has 0 spiro atoms. The van der Waals surface area contributed by atoms with Gasteiger partial charge >= 0.3 is 6.18 Å². The van der Waals surface area contributed by atoms with E-state index >= 15 is 0 Å². The SMILES string of the molecule is COc1cc(NC(C)CC(F)(F)F)ncn1. The number of aromatic nitrogens is 2. The van der Waals surface area contributed by atoms with Crippen molar-refractivity contribution >= 4 is 5.82 Å². The van der Waals surface area contributed by atoms with E-state index in [1.165, 1.54) is 26.4 Å². The molecule has 0 amide bonds. The molecule has 0 aromatic carbocycles. The quantitative estimate of drug-likeness (QED) is 0.869. The third kappa shape index (κ3) is 4.33. The molecule has 7 heteroatoms. The van der Waals surface area contributed by atoms with Gasteiger partial charge in [0.2, 0.25) is 5.88 Å². The van der Waals surface area contributed by atoms with Crippen LogP contribution in [0, 0.1) is 0 Å². The van der Waals surface area contributed by atoms with Crippen molar-refractivity contribution in [1.29, 1.82) is 0 Å². The Morgan fingerprint density at radius 1 is 1.44 bits per heavy atom. The number of methoxy groups -OCH3 is 1. The van der Waals surface area contributed by atoms with Gasteiger partial charge in [-0.25, -0.2) is 9.97 Å². The van der Waals surface area contributed by atoms with E-state index < -0.39 is 18.6 Å². The fourth-order valence-electron chi connectivity index (χ4n) is 1.18. The highest BCUT2D eigenvalue weighted by molar-refractivity contribution is 5.37. The van der Waals surface area contributed by atoms with Crippen LogP contribution in [0.15, 0.2) is 12.4 Å². The molecule has 1 atom stereocenters. The van der Waals surface area contributed by atoms with Crippen molar-refractivity contribution in [2.75, 3.05) is 12.4 Å². The first kappa shape index (κ1) is 12.5. The number of hydrogen-bond acceptors (Lipinski definition) is 4. The van der Waals surface area contributed by atoms with Crippen LogP contribution >= 0.6 is 0 Å². The molecule has 0 bridgehead atoms. The first-order valence-electron chi connectivity index (χ1n) is 4.60. The molecule has 0 aliphatic carbocycles. The number of nitrogens with one attached hydrogen (secondary N) is 1. The van der Waals surface area contributed by atoms with Gasteiger partial charge in [-0.1, -0.05) is 0 Å². The zero-order valence-corrected chi connectivity index (χ0v) is 8.88. The van der Waals surface area contributed by atoms with Crippen molar-refractivity contribution in [3.8, 4) is 5.88 Å². The normalized spacial score (nSPS) is 13.3. The molecular weight excluding hydrogens is 223 g/mol. The van der Waals surface area contributed by atoms with Crippen molar-refractivity contribution < 1.29 is 17.9 Å². The summed E-state index contributed by atoms with van der Waals surface area (Å²) in [6, 6.07) is 0.687. The number of nitrogens with zero attached hydrogens (tertiary/aromatic N) is 2. The molecule has 0 radical (unpaired) electrons. The van der Waals surface area contributed by atoms with Gasteiger partial charge in [0.05, 0.1) is 13.5 Å². The summed E-state index contributed by atoms with van der Waals surface area (Å²) in [5.74, 6) is 0.611. The fourth-order valence-corrected chi connectivity index (χ4v) is 1.18. The van der Waals surface area contributed by atoms with E-state index in [2.05, 4.69) is 15.3 Å². The van der Waals surface area contributed by atoms with Crippen LogP contribution < -0.4 is 10.1 Å². The molecule has 1 aromatic rings. The van der Waals surface area contributed by atoms with Crippen LogP contribution in [0.3, 0.4) is 0 Å². The minimum absolute atomic E-state index is 0.303. The lowest BCUT2D eigenvalue weighted by Gasteiger charge is -2.16. The van der Waals surface area contributed by atoms with Crippen molar-refractivity contribution in [2.45, 2.75) is 25.6 Å². The van der Waals surface area contributed by atoms with Gasteiger partial charge in [-0.05, 0) is 6.92 Å². The monoisotopic (exact) mass is 235 g/mol. The molecule has 90 valence electrons. The third-order valence-corrected chi connectivity index (χ3v) is 1.78. The predicted molar refractivity (Wildman–Crippen MR) is 52.3 cm³/mol. The molecule has 1 heterocycles. The van der Waals surface area contributed by atoms with Gasteiger partial charge in [0.1, 0.15) is 12.1 Å². The lowest BCUT2D eigenvalue weighted by molar-refractivity contribution is -0.136. The third-order valence-electron chi connectivity index (χ3n) is 1.78. The van der Waals surface area contributed by atoms with Crippen LogP contribution in [-0.2, 0) is 0 Å². The fraction of sp³-hybridized carbons (Fsp3) is 0.556. The van der Waals surface area contributed by atoms with E-state index in [0.29, 0.717) is 11.7 Å². The van der Waals surface area contributed by atoms with Gasteiger partial charge in [-0.2, -0.15) is 13.2 Å². The highest BCUT2D eigenvalue weighted by Crippen LogP contribution is 2.23. The van der Waals surface area contributed by atoms with Gasteiger partial charge < -0.3 is 10.1 Å². The second-order valence-corrected chi connectivity index (χ2v) is 3.31.